The van der Waals surface area contributed by atoms with Gasteiger partial charge in [0.15, 0.2) is 0 Å². The third-order valence-corrected chi connectivity index (χ3v) is 16.5. The van der Waals surface area contributed by atoms with Gasteiger partial charge in [0.2, 0.25) is 10.6 Å². The Kier molecular flexibility index (Phi) is 9.38. The molecule has 1 aromatic heterocycles. The highest BCUT2D eigenvalue weighted by atomic mass is 79.9. The number of amides is 1. The first kappa shape index (κ1) is 37.9. The molecule has 2 heterocycles. The molecule has 4 aliphatic carbocycles. The van der Waals surface area contributed by atoms with Crippen molar-refractivity contribution in [3.63, 3.8) is 0 Å². The zero-order valence-corrected chi connectivity index (χ0v) is 33.6. The summed E-state index contributed by atoms with van der Waals surface area (Å²) in [6, 6.07) is -0.349. The van der Waals surface area contributed by atoms with Gasteiger partial charge in [0.25, 0.3) is 5.91 Å². The van der Waals surface area contributed by atoms with Gasteiger partial charge in [-0.2, -0.15) is 4.98 Å². The van der Waals surface area contributed by atoms with Crippen LogP contribution in [0.1, 0.15) is 124 Å². The van der Waals surface area contributed by atoms with Crippen LogP contribution >= 0.6 is 15.9 Å². The summed E-state index contributed by atoms with van der Waals surface area (Å²) in [5.41, 5.74) is 11.9. The number of carbonyl (C=O) groups is 2. The number of hydrogen-bond acceptors (Lipinski definition) is 7. The maximum absolute atomic E-state index is 13.5. The predicted molar refractivity (Wildman–Crippen MR) is 196 cm³/mol. The second-order valence-electron chi connectivity index (χ2n) is 19.0. The molecule has 1 aliphatic heterocycles. The lowest BCUT2D eigenvalue weighted by molar-refractivity contribution is -0.252. The first-order valence-electron chi connectivity index (χ1n) is 18.9. The summed E-state index contributed by atoms with van der Waals surface area (Å²) in [6.45, 7) is 23.6. The number of ether oxygens (including phenoxy) is 2. The molecular weight excluding hydrogens is 698 g/mol. The van der Waals surface area contributed by atoms with Crippen LogP contribution in [0.3, 0.4) is 0 Å². The minimum atomic E-state index is -0.660. The van der Waals surface area contributed by atoms with E-state index in [1.165, 1.54) is 5.57 Å². The predicted octanol–water partition coefficient (Wildman–Crippen LogP) is 7.03. The summed E-state index contributed by atoms with van der Waals surface area (Å²) in [5, 5.41) is 15.8. The van der Waals surface area contributed by atoms with E-state index in [0.717, 1.165) is 25.7 Å². The van der Waals surface area contributed by atoms with Crippen LogP contribution in [0.25, 0.3) is 0 Å². The number of carboxylic acids is 1. The van der Waals surface area contributed by atoms with Crippen molar-refractivity contribution in [3.8, 4) is 0 Å². The van der Waals surface area contributed by atoms with Crippen molar-refractivity contribution >= 4 is 27.8 Å². The Bertz CT molecular complexity index is 1560. The lowest BCUT2D eigenvalue weighted by Gasteiger charge is -2.71. The molecule has 3 saturated carbocycles. The third kappa shape index (κ3) is 5.24. The van der Waals surface area contributed by atoms with Gasteiger partial charge < -0.3 is 26.0 Å². The zero-order valence-electron chi connectivity index (χ0n) is 32.0. The Hall–Kier alpha value is -1.82. The highest BCUT2D eigenvalue weighted by Crippen LogP contribution is 2.75. The van der Waals surface area contributed by atoms with Crippen molar-refractivity contribution in [2.75, 3.05) is 19.8 Å². The molecule has 11 heteroatoms. The van der Waals surface area contributed by atoms with Gasteiger partial charge in [-0.25, -0.2) is 4.68 Å². The highest BCUT2D eigenvalue weighted by molar-refractivity contribution is 9.10. The zero-order chi connectivity index (χ0) is 37.0. The molecule has 1 aromatic rings. The summed E-state index contributed by atoms with van der Waals surface area (Å²) in [5.74, 6) is -0.312. The second-order valence-corrected chi connectivity index (χ2v) is 19.7. The number of fused-ring (bicyclic) bond motifs is 3. The van der Waals surface area contributed by atoms with E-state index in [4.69, 9.17) is 26.0 Å². The van der Waals surface area contributed by atoms with Crippen molar-refractivity contribution in [3.05, 3.63) is 22.2 Å². The molecule has 1 unspecified atom stereocenters. The summed E-state index contributed by atoms with van der Waals surface area (Å²) in [4.78, 5) is 30.7. The van der Waals surface area contributed by atoms with Crippen LogP contribution in [-0.4, -0.2) is 63.2 Å². The van der Waals surface area contributed by atoms with Crippen LogP contribution in [0.4, 0.5) is 0 Å². The summed E-state index contributed by atoms with van der Waals surface area (Å²) >= 11 is 3.43. The lowest BCUT2D eigenvalue weighted by atomic mass is 9.34. The number of carboxylic acid groups (broad SMARTS) is 1. The normalized spacial score (nSPS) is 42.9. The number of primary amides is 1. The van der Waals surface area contributed by atoms with Crippen LogP contribution in [-0.2, 0) is 14.3 Å². The average molecular weight is 761 g/mol. The van der Waals surface area contributed by atoms with E-state index < -0.39 is 34.2 Å². The molecule has 0 aromatic carbocycles. The molecule has 6 rings (SSSR count). The molecule has 2 bridgehead atoms. The summed E-state index contributed by atoms with van der Waals surface area (Å²) in [6.07, 6.45) is 7.32. The molecular formula is C39H62BrN5O5. The summed E-state index contributed by atoms with van der Waals surface area (Å²) in [7, 11) is 0. The Morgan fingerprint density at radius 2 is 1.80 bits per heavy atom. The molecule has 12 atom stereocenters. The fourth-order valence-corrected chi connectivity index (χ4v) is 12.6. The third-order valence-electron chi connectivity index (χ3n) is 16.1. The molecule has 4 fully saturated rings. The first-order chi connectivity index (χ1) is 23.1. The molecule has 1 amide bonds. The van der Waals surface area contributed by atoms with Crippen LogP contribution in [0.5, 0.6) is 0 Å². The standard InChI is InChI=1S/C39H62BrN5O5/c1-21(2)23(5)34(6)15-16-36(8)24-11-12-27-35(7)18-49-20-39(27,25(24)13-14-37(36,9)28(34)32(47)48)17-26(29(35)50-19-38(10,42)22(3)4)45-31(30(41)46)43-33(40)44-45/h13,21-24,26-29H,11-12,14-20,42H2,1-10H3,(H2,41,46)(H,47,48)/t23-,24+,26-,27+,28-,29+,34-,35?,36-,37+,38+,39+/m1/s1. The average Bonchev–Trinajstić information content (AvgIpc) is 3.41. The highest BCUT2D eigenvalue weighted by Gasteiger charge is 2.72. The largest absolute Gasteiger partial charge is 0.481 e. The maximum atomic E-state index is 13.5. The van der Waals surface area contributed by atoms with Crippen molar-refractivity contribution in [1.29, 1.82) is 0 Å². The SMILES string of the molecule is CC(C)[C@@H](C)[C@@]1(C)CC[C@]2(C)[C@H]3CC[C@H]4C5(C)COC[C@@]4(C[C@@H](n4nc(Br)nc4C(N)=O)[C@@H]5OC[C@](C)(N)C(C)C)C3=CC[C@@]2(C)[C@@H]1C(=O)O. The molecule has 0 spiro atoms. The number of allylic oxidation sites excluding steroid dienone is 1. The molecule has 10 nitrogen and oxygen atoms in total. The molecule has 0 radical (unpaired) electrons. The topological polar surface area (TPSA) is 156 Å². The van der Waals surface area contributed by atoms with Gasteiger partial charge in [0.1, 0.15) is 0 Å². The molecule has 280 valence electrons. The fraction of sp³-hybridized carbons (Fsp3) is 0.846. The fourth-order valence-electron chi connectivity index (χ4n) is 12.3. The van der Waals surface area contributed by atoms with E-state index in [1.54, 1.807) is 4.68 Å². The number of nitrogens with zero attached hydrogens (tertiary/aromatic N) is 3. The van der Waals surface area contributed by atoms with Crippen molar-refractivity contribution < 1.29 is 24.2 Å². The van der Waals surface area contributed by atoms with Gasteiger partial charge in [-0.1, -0.05) is 74.0 Å². The van der Waals surface area contributed by atoms with Gasteiger partial charge in [-0.3, -0.25) is 9.59 Å². The van der Waals surface area contributed by atoms with Gasteiger partial charge in [-0.15, -0.1) is 5.10 Å². The summed E-state index contributed by atoms with van der Waals surface area (Å²) < 4.78 is 15.7. The minimum Gasteiger partial charge on any atom is -0.481 e. The van der Waals surface area contributed by atoms with Crippen molar-refractivity contribution in [1.82, 2.24) is 14.8 Å². The number of carbonyl (C=O) groups excluding carboxylic acids is 1. The maximum Gasteiger partial charge on any atom is 0.307 e. The van der Waals surface area contributed by atoms with Crippen molar-refractivity contribution in [2.45, 2.75) is 125 Å². The number of halogens is 1. The van der Waals surface area contributed by atoms with E-state index in [-0.39, 0.29) is 57.9 Å². The van der Waals surface area contributed by atoms with Crippen molar-refractivity contribution in [2.24, 2.45) is 74.0 Å². The number of hydrogen-bond donors (Lipinski definition) is 3. The minimum absolute atomic E-state index is 0.104. The Labute approximate surface area is 307 Å². The van der Waals surface area contributed by atoms with Crippen LogP contribution in [0.15, 0.2) is 16.4 Å². The quantitative estimate of drug-likeness (QED) is 0.227. The Morgan fingerprint density at radius 1 is 1.12 bits per heavy atom. The van der Waals surface area contributed by atoms with E-state index in [1.807, 2.05) is 6.92 Å². The Morgan fingerprint density at radius 3 is 2.40 bits per heavy atom. The first-order valence-corrected chi connectivity index (χ1v) is 19.7. The van der Waals surface area contributed by atoms with E-state index in [9.17, 15) is 14.7 Å². The Balaban J connectivity index is 1.49. The number of aromatic nitrogens is 3. The van der Waals surface area contributed by atoms with Crippen LogP contribution < -0.4 is 11.5 Å². The second kappa shape index (κ2) is 12.4. The lowest BCUT2D eigenvalue weighted by Crippen LogP contribution is -2.69. The van der Waals surface area contributed by atoms with Gasteiger partial charge >= 0.3 is 5.97 Å². The monoisotopic (exact) mass is 759 g/mol. The molecule has 1 saturated heterocycles. The van der Waals surface area contributed by atoms with E-state index >= 15 is 0 Å². The smallest absolute Gasteiger partial charge is 0.307 e. The van der Waals surface area contributed by atoms with Crippen LogP contribution in [0, 0.1) is 62.6 Å². The van der Waals surface area contributed by atoms with Gasteiger partial charge in [-0.05, 0) is 107 Å². The number of nitrogens with two attached hydrogens (primary N) is 2. The van der Waals surface area contributed by atoms with E-state index in [2.05, 4.69) is 89.3 Å². The number of aliphatic carboxylic acids is 1. The molecule has 50 heavy (non-hydrogen) atoms. The molecule has 5 N–H and O–H groups in total. The number of rotatable bonds is 9. The van der Waals surface area contributed by atoms with E-state index in [0.29, 0.717) is 43.3 Å². The van der Waals surface area contributed by atoms with Crippen LogP contribution in [0.2, 0.25) is 0 Å². The van der Waals surface area contributed by atoms with Gasteiger partial charge in [0.05, 0.1) is 37.9 Å². The van der Waals surface area contributed by atoms with Gasteiger partial charge in [0, 0.05) is 16.4 Å². The molecule has 5 aliphatic rings.